The maximum absolute atomic E-state index is 5.38. The number of hydrogen-bond acceptors (Lipinski definition) is 2. The molecule has 4 heteroatoms. The van der Waals surface area contributed by atoms with Gasteiger partial charge < -0.3 is 15.4 Å². The van der Waals surface area contributed by atoms with E-state index in [0.717, 1.165) is 23.4 Å². The smallest absolute Gasteiger partial charge is 0.171 e. The van der Waals surface area contributed by atoms with Gasteiger partial charge in [-0.2, -0.15) is 0 Å². The van der Waals surface area contributed by atoms with Gasteiger partial charge in [-0.15, -0.1) is 0 Å². The van der Waals surface area contributed by atoms with Gasteiger partial charge in [-0.25, -0.2) is 0 Å². The molecule has 3 nitrogen and oxygen atoms in total. The molecule has 0 saturated heterocycles. The number of methoxy groups -OCH3 is 1. The molecule has 1 atom stereocenters. The number of benzene rings is 2. The lowest BCUT2D eigenvalue weighted by Crippen LogP contribution is -2.30. The molecule has 1 unspecified atom stereocenters. The zero-order chi connectivity index (χ0) is 15.9. The molecule has 0 aliphatic heterocycles. The highest BCUT2D eigenvalue weighted by Gasteiger charge is 2.07. The fourth-order valence-electron chi connectivity index (χ4n) is 2.16. The van der Waals surface area contributed by atoms with Crippen LogP contribution in [0.4, 0.5) is 5.69 Å². The van der Waals surface area contributed by atoms with Crippen LogP contribution in [-0.2, 0) is 6.42 Å². The Morgan fingerprint density at radius 1 is 1.09 bits per heavy atom. The molecular formula is C18H22N2OS. The van der Waals surface area contributed by atoms with E-state index >= 15 is 0 Å². The Kier molecular flexibility index (Phi) is 5.78. The van der Waals surface area contributed by atoms with Crippen LogP contribution in [-0.4, -0.2) is 12.2 Å². The van der Waals surface area contributed by atoms with Crippen molar-refractivity contribution in [3.63, 3.8) is 0 Å². The number of anilines is 1. The Hall–Kier alpha value is -2.07. The minimum absolute atomic E-state index is 0.126. The van der Waals surface area contributed by atoms with Crippen molar-refractivity contribution in [1.82, 2.24) is 5.32 Å². The molecule has 22 heavy (non-hydrogen) atoms. The van der Waals surface area contributed by atoms with Gasteiger partial charge in [0, 0.05) is 5.69 Å². The Morgan fingerprint density at radius 3 is 2.27 bits per heavy atom. The quantitative estimate of drug-likeness (QED) is 0.806. The molecule has 0 heterocycles. The molecule has 0 aromatic heterocycles. The summed E-state index contributed by atoms with van der Waals surface area (Å²) in [4.78, 5) is 0. The summed E-state index contributed by atoms with van der Waals surface area (Å²) in [7, 11) is 1.67. The van der Waals surface area contributed by atoms with Crippen LogP contribution in [0.15, 0.2) is 48.5 Å². The Balaban J connectivity index is 1.92. The van der Waals surface area contributed by atoms with Crippen molar-refractivity contribution in [2.24, 2.45) is 0 Å². The first-order valence-corrected chi connectivity index (χ1v) is 7.83. The van der Waals surface area contributed by atoms with Crippen LogP contribution >= 0.6 is 12.2 Å². The molecule has 116 valence electrons. The SMILES string of the molecule is CCc1ccc(NC(=S)NC(C)c2ccc(OC)cc2)cc1. The Bertz CT molecular complexity index is 608. The molecule has 2 aromatic carbocycles. The molecule has 0 radical (unpaired) electrons. The number of ether oxygens (including phenoxy) is 1. The minimum atomic E-state index is 0.126. The lowest BCUT2D eigenvalue weighted by Gasteiger charge is -2.18. The van der Waals surface area contributed by atoms with E-state index in [1.54, 1.807) is 7.11 Å². The average Bonchev–Trinajstić information content (AvgIpc) is 2.55. The fraction of sp³-hybridized carbons (Fsp3) is 0.278. The third kappa shape index (κ3) is 4.46. The van der Waals surface area contributed by atoms with Crippen molar-refractivity contribution in [3.05, 3.63) is 59.7 Å². The molecule has 0 saturated carbocycles. The zero-order valence-corrected chi connectivity index (χ0v) is 14.0. The summed E-state index contributed by atoms with van der Waals surface area (Å²) >= 11 is 5.38. The monoisotopic (exact) mass is 314 g/mol. The third-order valence-electron chi connectivity index (χ3n) is 3.58. The average molecular weight is 314 g/mol. The highest BCUT2D eigenvalue weighted by Crippen LogP contribution is 2.17. The van der Waals surface area contributed by atoms with Gasteiger partial charge >= 0.3 is 0 Å². The fourth-order valence-corrected chi connectivity index (χ4v) is 2.46. The highest BCUT2D eigenvalue weighted by atomic mass is 32.1. The van der Waals surface area contributed by atoms with Crippen LogP contribution in [0, 0.1) is 0 Å². The molecule has 0 aliphatic rings. The molecule has 0 fully saturated rings. The zero-order valence-electron chi connectivity index (χ0n) is 13.2. The first kappa shape index (κ1) is 16.3. The van der Waals surface area contributed by atoms with Crippen molar-refractivity contribution in [2.75, 3.05) is 12.4 Å². The molecule has 0 aliphatic carbocycles. The molecular weight excluding hydrogens is 292 g/mol. The van der Waals surface area contributed by atoms with Crippen LogP contribution in [0.2, 0.25) is 0 Å². The van der Waals surface area contributed by atoms with E-state index in [0.29, 0.717) is 5.11 Å². The maximum Gasteiger partial charge on any atom is 0.171 e. The summed E-state index contributed by atoms with van der Waals surface area (Å²) in [5.74, 6) is 0.854. The van der Waals surface area contributed by atoms with Gasteiger partial charge in [0.25, 0.3) is 0 Å². The van der Waals surface area contributed by atoms with Gasteiger partial charge in [-0.1, -0.05) is 31.2 Å². The number of hydrogen-bond donors (Lipinski definition) is 2. The van der Waals surface area contributed by atoms with E-state index in [1.807, 2.05) is 36.4 Å². The molecule has 0 spiro atoms. The van der Waals surface area contributed by atoms with E-state index in [9.17, 15) is 0 Å². The summed E-state index contributed by atoms with van der Waals surface area (Å²) in [5.41, 5.74) is 3.47. The van der Waals surface area contributed by atoms with E-state index in [-0.39, 0.29) is 6.04 Å². The Morgan fingerprint density at radius 2 is 1.73 bits per heavy atom. The number of rotatable bonds is 5. The first-order valence-electron chi connectivity index (χ1n) is 7.42. The van der Waals surface area contributed by atoms with Gasteiger partial charge in [0.15, 0.2) is 5.11 Å². The minimum Gasteiger partial charge on any atom is -0.497 e. The van der Waals surface area contributed by atoms with E-state index in [4.69, 9.17) is 17.0 Å². The molecule has 0 amide bonds. The predicted molar refractivity (Wildman–Crippen MR) is 96.6 cm³/mol. The van der Waals surface area contributed by atoms with Crippen molar-refractivity contribution in [3.8, 4) is 5.75 Å². The second-order valence-electron chi connectivity index (χ2n) is 5.14. The highest BCUT2D eigenvalue weighted by molar-refractivity contribution is 7.80. The predicted octanol–water partition coefficient (Wildman–Crippen LogP) is 4.31. The second kappa shape index (κ2) is 7.80. The summed E-state index contributed by atoms with van der Waals surface area (Å²) in [5, 5.41) is 7.12. The maximum atomic E-state index is 5.38. The van der Waals surface area contributed by atoms with E-state index in [1.165, 1.54) is 5.56 Å². The van der Waals surface area contributed by atoms with Crippen LogP contribution in [0.25, 0.3) is 0 Å². The van der Waals surface area contributed by atoms with E-state index < -0.39 is 0 Å². The molecule has 2 rings (SSSR count). The van der Waals surface area contributed by atoms with Gasteiger partial charge in [0.05, 0.1) is 13.2 Å². The number of nitrogens with one attached hydrogen (secondary N) is 2. The van der Waals surface area contributed by atoms with Crippen LogP contribution < -0.4 is 15.4 Å². The van der Waals surface area contributed by atoms with Crippen molar-refractivity contribution in [2.45, 2.75) is 26.3 Å². The van der Waals surface area contributed by atoms with Crippen molar-refractivity contribution < 1.29 is 4.74 Å². The first-order chi connectivity index (χ1) is 10.6. The second-order valence-corrected chi connectivity index (χ2v) is 5.55. The van der Waals surface area contributed by atoms with Gasteiger partial charge in [-0.3, -0.25) is 0 Å². The largest absolute Gasteiger partial charge is 0.497 e. The normalized spacial score (nSPS) is 11.6. The van der Waals surface area contributed by atoms with Gasteiger partial charge in [-0.05, 0) is 61.0 Å². The summed E-state index contributed by atoms with van der Waals surface area (Å²) in [6.45, 7) is 4.22. The number of aryl methyl sites for hydroxylation is 1. The van der Waals surface area contributed by atoms with Gasteiger partial charge in [0.2, 0.25) is 0 Å². The molecule has 2 N–H and O–H groups in total. The molecule has 2 aromatic rings. The third-order valence-corrected chi connectivity index (χ3v) is 3.80. The molecule has 0 bridgehead atoms. The topological polar surface area (TPSA) is 33.3 Å². The summed E-state index contributed by atoms with van der Waals surface area (Å²) in [6, 6.07) is 16.4. The lowest BCUT2D eigenvalue weighted by molar-refractivity contribution is 0.414. The van der Waals surface area contributed by atoms with Crippen molar-refractivity contribution >= 4 is 23.0 Å². The number of thiocarbonyl (C=S) groups is 1. The summed E-state index contributed by atoms with van der Waals surface area (Å²) < 4.78 is 5.17. The van der Waals surface area contributed by atoms with Crippen molar-refractivity contribution in [1.29, 1.82) is 0 Å². The van der Waals surface area contributed by atoms with Crippen LogP contribution in [0.1, 0.15) is 31.0 Å². The summed E-state index contributed by atoms with van der Waals surface area (Å²) in [6.07, 6.45) is 1.04. The lowest BCUT2D eigenvalue weighted by atomic mass is 10.1. The van der Waals surface area contributed by atoms with Crippen LogP contribution in [0.3, 0.4) is 0 Å². The van der Waals surface area contributed by atoms with Gasteiger partial charge in [0.1, 0.15) is 5.75 Å². The Labute approximate surface area is 137 Å². The van der Waals surface area contributed by atoms with E-state index in [2.05, 4.69) is 36.6 Å². The standard InChI is InChI=1S/C18H22N2OS/c1-4-14-5-9-16(10-6-14)20-18(22)19-13(2)15-7-11-17(21-3)12-8-15/h5-13H,4H2,1-3H3,(H2,19,20,22). The van der Waals surface area contributed by atoms with Crippen LogP contribution in [0.5, 0.6) is 5.75 Å².